The lowest BCUT2D eigenvalue weighted by molar-refractivity contribution is 0.399. The highest BCUT2D eigenvalue weighted by molar-refractivity contribution is 4.94. The van der Waals surface area contributed by atoms with E-state index in [1.54, 1.807) is 6.20 Å². The van der Waals surface area contributed by atoms with Crippen LogP contribution in [0.15, 0.2) is 17.2 Å². The topological polar surface area (TPSA) is 49.0 Å². The van der Waals surface area contributed by atoms with Gasteiger partial charge in [0.15, 0.2) is 0 Å². The van der Waals surface area contributed by atoms with Crippen molar-refractivity contribution in [2.75, 3.05) is 20.6 Å². The third kappa shape index (κ3) is 3.85. The van der Waals surface area contributed by atoms with Crippen LogP contribution in [0.2, 0.25) is 0 Å². The van der Waals surface area contributed by atoms with E-state index >= 15 is 0 Å². The first-order valence-electron chi connectivity index (χ1n) is 4.37. The molecule has 0 amide bonds. The van der Waals surface area contributed by atoms with Crippen LogP contribution in [0.4, 0.5) is 0 Å². The maximum atomic E-state index is 10.7. The fourth-order valence-corrected chi connectivity index (χ4v) is 1.08. The minimum atomic E-state index is -0.142. The molecule has 0 fully saturated rings. The summed E-state index contributed by atoms with van der Waals surface area (Å²) in [6, 6.07) is 0. The number of rotatable bonds is 4. The number of aryl methyl sites for hydroxylation is 1. The predicted octanol–water partition coefficient (Wildman–Crippen LogP) is 0.264. The van der Waals surface area contributed by atoms with E-state index in [1.165, 1.54) is 6.20 Å². The molecular formula is C9H15N3O. The molecule has 1 rings (SSSR count). The molecule has 1 heterocycles. The summed E-state index contributed by atoms with van der Waals surface area (Å²) < 4.78 is 0. The van der Waals surface area contributed by atoms with Crippen molar-refractivity contribution in [3.8, 4) is 0 Å². The Morgan fingerprint density at radius 2 is 2.31 bits per heavy atom. The first-order chi connectivity index (χ1) is 6.18. The average molecular weight is 181 g/mol. The Hall–Kier alpha value is -1.16. The molecule has 0 unspecified atom stereocenters. The predicted molar refractivity (Wildman–Crippen MR) is 51.7 cm³/mol. The number of aromatic amines is 1. The Kier molecular flexibility index (Phi) is 3.64. The van der Waals surface area contributed by atoms with E-state index in [0.29, 0.717) is 0 Å². The molecule has 4 nitrogen and oxygen atoms in total. The van der Waals surface area contributed by atoms with E-state index in [-0.39, 0.29) is 5.56 Å². The number of H-pyrrole nitrogens is 1. The zero-order valence-electron chi connectivity index (χ0n) is 8.08. The summed E-state index contributed by atoms with van der Waals surface area (Å²) in [5, 5.41) is 0. The van der Waals surface area contributed by atoms with Gasteiger partial charge in [-0.3, -0.25) is 9.78 Å². The SMILES string of the molecule is CN(C)CCCc1c[nH]c(=O)cn1. The molecule has 0 aliphatic carbocycles. The minimum absolute atomic E-state index is 0.142. The van der Waals surface area contributed by atoms with Crippen molar-refractivity contribution < 1.29 is 0 Å². The molecule has 0 saturated carbocycles. The third-order valence-corrected chi connectivity index (χ3v) is 1.77. The minimum Gasteiger partial charge on any atom is -0.326 e. The summed E-state index contributed by atoms with van der Waals surface area (Å²) in [5.41, 5.74) is 0.804. The number of hydrogen-bond acceptors (Lipinski definition) is 3. The molecule has 0 saturated heterocycles. The molecule has 0 aliphatic rings. The molecular weight excluding hydrogens is 166 g/mol. The fourth-order valence-electron chi connectivity index (χ4n) is 1.08. The molecule has 0 spiro atoms. The second kappa shape index (κ2) is 4.77. The van der Waals surface area contributed by atoms with Gasteiger partial charge < -0.3 is 9.88 Å². The van der Waals surface area contributed by atoms with Crippen molar-refractivity contribution in [3.05, 3.63) is 28.4 Å². The van der Waals surface area contributed by atoms with Crippen LogP contribution >= 0.6 is 0 Å². The van der Waals surface area contributed by atoms with Crippen LogP contribution in [-0.2, 0) is 6.42 Å². The molecule has 13 heavy (non-hydrogen) atoms. The standard InChI is InChI=1S/C9H15N3O/c1-12(2)5-3-4-8-6-11-9(13)7-10-8/h6-7H,3-5H2,1-2H3,(H,11,13). The highest BCUT2D eigenvalue weighted by atomic mass is 16.1. The number of nitrogens with zero attached hydrogens (tertiary/aromatic N) is 2. The Morgan fingerprint density at radius 1 is 1.54 bits per heavy atom. The van der Waals surface area contributed by atoms with Crippen molar-refractivity contribution in [2.45, 2.75) is 12.8 Å². The van der Waals surface area contributed by atoms with Crippen LogP contribution < -0.4 is 5.56 Å². The Morgan fingerprint density at radius 3 is 2.85 bits per heavy atom. The lowest BCUT2D eigenvalue weighted by Gasteiger charge is -2.07. The first kappa shape index (κ1) is 9.92. The summed E-state index contributed by atoms with van der Waals surface area (Å²) in [7, 11) is 4.08. The molecule has 0 radical (unpaired) electrons. The molecule has 4 heteroatoms. The van der Waals surface area contributed by atoms with Gasteiger partial charge in [0.2, 0.25) is 0 Å². The Bertz CT molecular complexity index is 285. The Labute approximate surface area is 77.6 Å². The molecule has 1 N–H and O–H groups in total. The van der Waals surface area contributed by atoms with Crippen LogP contribution in [0.3, 0.4) is 0 Å². The second-order valence-electron chi connectivity index (χ2n) is 3.31. The van der Waals surface area contributed by atoms with Gasteiger partial charge in [-0.25, -0.2) is 0 Å². The number of hydrogen-bond donors (Lipinski definition) is 1. The van der Waals surface area contributed by atoms with Crippen molar-refractivity contribution >= 4 is 0 Å². The third-order valence-electron chi connectivity index (χ3n) is 1.77. The van der Waals surface area contributed by atoms with E-state index in [4.69, 9.17) is 0 Å². The molecule has 72 valence electrons. The first-order valence-corrected chi connectivity index (χ1v) is 4.37. The quantitative estimate of drug-likeness (QED) is 0.725. The van der Waals surface area contributed by atoms with E-state index in [0.717, 1.165) is 25.1 Å². The van der Waals surface area contributed by atoms with Gasteiger partial charge in [-0.1, -0.05) is 0 Å². The normalized spacial score (nSPS) is 10.7. The summed E-state index contributed by atoms with van der Waals surface area (Å²) >= 11 is 0. The van der Waals surface area contributed by atoms with Gasteiger partial charge in [0, 0.05) is 6.20 Å². The van der Waals surface area contributed by atoms with E-state index in [9.17, 15) is 4.79 Å². The van der Waals surface area contributed by atoms with E-state index in [2.05, 4.69) is 14.9 Å². The van der Waals surface area contributed by atoms with Gasteiger partial charge >= 0.3 is 0 Å². The molecule has 0 atom stereocenters. The zero-order chi connectivity index (χ0) is 9.68. The summed E-state index contributed by atoms with van der Waals surface area (Å²) in [4.78, 5) is 19.4. The maximum absolute atomic E-state index is 10.7. The number of nitrogens with one attached hydrogen (secondary N) is 1. The summed E-state index contributed by atoms with van der Waals surface area (Å²) in [5.74, 6) is 0. The largest absolute Gasteiger partial charge is 0.326 e. The van der Waals surface area contributed by atoms with Gasteiger partial charge in [-0.15, -0.1) is 0 Å². The second-order valence-corrected chi connectivity index (χ2v) is 3.31. The molecule has 0 aromatic carbocycles. The van der Waals surface area contributed by atoms with Crippen LogP contribution in [0.1, 0.15) is 12.1 Å². The van der Waals surface area contributed by atoms with Crippen molar-refractivity contribution in [2.24, 2.45) is 0 Å². The van der Waals surface area contributed by atoms with Crippen molar-refractivity contribution in [1.82, 2.24) is 14.9 Å². The van der Waals surface area contributed by atoms with E-state index in [1.807, 2.05) is 14.1 Å². The lowest BCUT2D eigenvalue weighted by atomic mass is 10.2. The zero-order valence-corrected chi connectivity index (χ0v) is 8.08. The highest BCUT2D eigenvalue weighted by Gasteiger charge is 1.95. The van der Waals surface area contributed by atoms with Crippen LogP contribution in [-0.4, -0.2) is 35.5 Å². The maximum Gasteiger partial charge on any atom is 0.266 e. The smallest absolute Gasteiger partial charge is 0.266 e. The summed E-state index contributed by atoms with van der Waals surface area (Å²) in [6.07, 6.45) is 4.98. The van der Waals surface area contributed by atoms with Crippen molar-refractivity contribution in [3.63, 3.8) is 0 Å². The van der Waals surface area contributed by atoms with Gasteiger partial charge in [-0.05, 0) is 33.5 Å². The van der Waals surface area contributed by atoms with Crippen LogP contribution in [0.5, 0.6) is 0 Å². The van der Waals surface area contributed by atoms with Gasteiger partial charge in [-0.2, -0.15) is 0 Å². The highest BCUT2D eigenvalue weighted by Crippen LogP contribution is 1.95. The van der Waals surface area contributed by atoms with Gasteiger partial charge in [0.05, 0.1) is 11.9 Å². The van der Waals surface area contributed by atoms with Gasteiger partial charge in [0.25, 0.3) is 5.56 Å². The van der Waals surface area contributed by atoms with Crippen molar-refractivity contribution in [1.29, 1.82) is 0 Å². The van der Waals surface area contributed by atoms with Crippen LogP contribution in [0.25, 0.3) is 0 Å². The monoisotopic (exact) mass is 181 g/mol. The van der Waals surface area contributed by atoms with E-state index < -0.39 is 0 Å². The number of aromatic nitrogens is 2. The van der Waals surface area contributed by atoms with Gasteiger partial charge in [0.1, 0.15) is 0 Å². The molecule has 0 bridgehead atoms. The molecule has 1 aromatic heterocycles. The Balaban J connectivity index is 2.37. The molecule has 1 aromatic rings. The fraction of sp³-hybridized carbons (Fsp3) is 0.556. The van der Waals surface area contributed by atoms with Crippen LogP contribution in [0, 0.1) is 0 Å². The summed E-state index contributed by atoms with van der Waals surface area (Å²) in [6.45, 7) is 1.04. The molecule has 0 aliphatic heterocycles. The lowest BCUT2D eigenvalue weighted by Crippen LogP contribution is -2.14. The average Bonchev–Trinajstić information content (AvgIpc) is 2.08.